The monoisotopic (exact) mass is 214 g/mol. The fraction of sp³-hybridized carbons (Fsp3) is 0.400. The van der Waals surface area contributed by atoms with E-state index in [9.17, 15) is 0 Å². The van der Waals surface area contributed by atoms with Crippen LogP contribution in [0, 0.1) is 0 Å². The maximum absolute atomic E-state index is 8.85. The van der Waals surface area contributed by atoms with Crippen LogP contribution in [0.2, 0.25) is 5.02 Å². The number of halogens is 1. The Morgan fingerprint density at radius 3 is 3.00 bits per heavy atom. The zero-order valence-electron chi connectivity index (χ0n) is 7.52. The predicted molar refractivity (Wildman–Crippen MR) is 52.1 cm³/mol. The Balaban J connectivity index is 2.09. The van der Waals surface area contributed by atoms with E-state index in [2.05, 4.69) is 0 Å². The van der Waals surface area contributed by atoms with Gasteiger partial charge in [0.2, 0.25) is 0 Å². The minimum atomic E-state index is -0.397. The van der Waals surface area contributed by atoms with Crippen molar-refractivity contribution >= 4 is 11.6 Å². The highest BCUT2D eigenvalue weighted by molar-refractivity contribution is 6.30. The lowest BCUT2D eigenvalue weighted by Crippen LogP contribution is -2.14. The van der Waals surface area contributed by atoms with Crippen molar-refractivity contribution in [1.82, 2.24) is 0 Å². The van der Waals surface area contributed by atoms with Gasteiger partial charge in [-0.2, -0.15) is 0 Å². The second kappa shape index (κ2) is 4.28. The van der Waals surface area contributed by atoms with E-state index < -0.39 is 6.29 Å². The standard InChI is InChI=1S/C10H11ClO3/c11-8-3-1-2-7(4-8)10-13-6-9(5-12)14-10/h1-4,9-10,12H,5-6H2. The zero-order chi connectivity index (χ0) is 9.97. The summed E-state index contributed by atoms with van der Waals surface area (Å²) in [7, 11) is 0. The van der Waals surface area contributed by atoms with E-state index in [0.29, 0.717) is 11.6 Å². The van der Waals surface area contributed by atoms with Crippen LogP contribution >= 0.6 is 11.6 Å². The lowest BCUT2D eigenvalue weighted by Gasteiger charge is -2.10. The fourth-order valence-corrected chi connectivity index (χ4v) is 1.57. The van der Waals surface area contributed by atoms with Crippen molar-refractivity contribution in [2.45, 2.75) is 12.4 Å². The van der Waals surface area contributed by atoms with Crippen molar-refractivity contribution in [3.63, 3.8) is 0 Å². The van der Waals surface area contributed by atoms with E-state index in [1.165, 1.54) is 0 Å². The van der Waals surface area contributed by atoms with Crippen LogP contribution in [-0.4, -0.2) is 24.4 Å². The van der Waals surface area contributed by atoms with Crippen molar-refractivity contribution in [3.8, 4) is 0 Å². The van der Waals surface area contributed by atoms with Gasteiger partial charge in [0.05, 0.1) is 13.2 Å². The van der Waals surface area contributed by atoms with Crippen LogP contribution < -0.4 is 0 Å². The van der Waals surface area contributed by atoms with Gasteiger partial charge in [-0.05, 0) is 12.1 Å². The molecule has 0 radical (unpaired) electrons. The number of hydrogen-bond donors (Lipinski definition) is 1. The first kappa shape index (κ1) is 9.93. The molecule has 1 heterocycles. The van der Waals surface area contributed by atoms with Crippen LogP contribution in [0.5, 0.6) is 0 Å². The first-order valence-corrected chi connectivity index (χ1v) is 4.81. The summed E-state index contributed by atoms with van der Waals surface area (Å²) in [4.78, 5) is 0. The fourth-order valence-electron chi connectivity index (χ4n) is 1.37. The van der Waals surface area contributed by atoms with Gasteiger partial charge in [0, 0.05) is 10.6 Å². The molecule has 2 unspecified atom stereocenters. The van der Waals surface area contributed by atoms with Crippen LogP contribution in [-0.2, 0) is 9.47 Å². The van der Waals surface area contributed by atoms with Crippen molar-refractivity contribution in [2.24, 2.45) is 0 Å². The first-order chi connectivity index (χ1) is 6.79. The molecule has 1 aromatic rings. The van der Waals surface area contributed by atoms with Crippen LogP contribution in [0.4, 0.5) is 0 Å². The van der Waals surface area contributed by atoms with E-state index in [4.69, 9.17) is 26.2 Å². The Labute approximate surface area is 87.2 Å². The third kappa shape index (κ3) is 2.07. The maximum Gasteiger partial charge on any atom is 0.184 e. The van der Waals surface area contributed by atoms with Gasteiger partial charge < -0.3 is 14.6 Å². The Morgan fingerprint density at radius 2 is 2.36 bits per heavy atom. The first-order valence-electron chi connectivity index (χ1n) is 4.43. The highest BCUT2D eigenvalue weighted by atomic mass is 35.5. The summed E-state index contributed by atoms with van der Waals surface area (Å²) in [5.74, 6) is 0. The lowest BCUT2D eigenvalue weighted by atomic mass is 10.2. The van der Waals surface area contributed by atoms with Gasteiger partial charge in [-0.25, -0.2) is 0 Å². The second-order valence-electron chi connectivity index (χ2n) is 3.16. The molecule has 1 fully saturated rings. The summed E-state index contributed by atoms with van der Waals surface area (Å²) < 4.78 is 10.8. The topological polar surface area (TPSA) is 38.7 Å². The number of ether oxygens (including phenoxy) is 2. The normalized spacial score (nSPS) is 26.7. The van der Waals surface area contributed by atoms with Crippen molar-refractivity contribution in [2.75, 3.05) is 13.2 Å². The van der Waals surface area contributed by atoms with E-state index in [1.807, 2.05) is 12.1 Å². The molecule has 0 bridgehead atoms. The van der Waals surface area contributed by atoms with Crippen LogP contribution in [0.15, 0.2) is 24.3 Å². The smallest absolute Gasteiger partial charge is 0.184 e. The van der Waals surface area contributed by atoms with E-state index in [-0.39, 0.29) is 12.7 Å². The molecule has 0 spiro atoms. The van der Waals surface area contributed by atoms with Crippen LogP contribution in [0.3, 0.4) is 0 Å². The molecule has 2 atom stereocenters. The SMILES string of the molecule is OCC1COC(c2cccc(Cl)c2)O1. The van der Waals surface area contributed by atoms with Gasteiger partial charge in [0.1, 0.15) is 6.10 Å². The van der Waals surface area contributed by atoms with Gasteiger partial charge in [0.15, 0.2) is 6.29 Å². The van der Waals surface area contributed by atoms with Crippen molar-refractivity contribution in [3.05, 3.63) is 34.9 Å². The largest absolute Gasteiger partial charge is 0.394 e. The molecule has 0 aromatic heterocycles. The highest BCUT2D eigenvalue weighted by Gasteiger charge is 2.26. The van der Waals surface area contributed by atoms with Crippen molar-refractivity contribution in [1.29, 1.82) is 0 Å². The average molecular weight is 215 g/mol. The summed E-state index contributed by atoms with van der Waals surface area (Å²) in [5.41, 5.74) is 0.883. The predicted octanol–water partition coefficient (Wildman–Crippen LogP) is 1.75. The molecule has 1 N–H and O–H groups in total. The summed E-state index contributed by atoms with van der Waals surface area (Å²) in [6.07, 6.45) is -0.621. The van der Waals surface area contributed by atoms with Gasteiger partial charge in [0.25, 0.3) is 0 Å². The van der Waals surface area contributed by atoms with Gasteiger partial charge >= 0.3 is 0 Å². The van der Waals surface area contributed by atoms with Crippen molar-refractivity contribution < 1.29 is 14.6 Å². The molecule has 3 nitrogen and oxygen atoms in total. The van der Waals surface area contributed by atoms with Gasteiger partial charge in [-0.1, -0.05) is 23.7 Å². The molecule has 4 heteroatoms. The molecule has 0 amide bonds. The molecule has 1 saturated heterocycles. The Bertz CT molecular complexity index is 316. The van der Waals surface area contributed by atoms with Gasteiger partial charge in [-0.15, -0.1) is 0 Å². The number of benzene rings is 1. The summed E-state index contributed by atoms with van der Waals surface area (Å²) in [5, 5.41) is 9.51. The van der Waals surface area contributed by atoms with Gasteiger partial charge in [-0.3, -0.25) is 0 Å². The Hall–Kier alpha value is -0.610. The minimum Gasteiger partial charge on any atom is -0.394 e. The molecule has 14 heavy (non-hydrogen) atoms. The quantitative estimate of drug-likeness (QED) is 0.815. The molecule has 0 saturated carbocycles. The second-order valence-corrected chi connectivity index (χ2v) is 3.60. The number of aliphatic hydroxyl groups excluding tert-OH is 1. The molecule has 1 aromatic carbocycles. The van der Waals surface area contributed by atoms with E-state index in [0.717, 1.165) is 5.56 Å². The lowest BCUT2D eigenvalue weighted by molar-refractivity contribution is -0.0675. The maximum atomic E-state index is 8.85. The number of hydrogen-bond acceptors (Lipinski definition) is 3. The minimum absolute atomic E-state index is 0.0168. The van der Waals surface area contributed by atoms with E-state index >= 15 is 0 Å². The summed E-state index contributed by atoms with van der Waals surface area (Å²) in [6.45, 7) is 0.407. The van der Waals surface area contributed by atoms with Crippen LogP contribution in [0.1, 0.15) is 11.9 Å². The Morgan fingerprint density at radius 1 is 1.50 bits per heavy atom. The molecular formula is C10H11ClO3. The molecule has 0 aliphatic carbocycles. The third-order valence-electron chi connectivity index (χ3n) is 2.07. The molecule has 76 valence electrons. The summed E-state index contributed by atoms with van der Waals surface area (Å²) in [6, 6.07) is 7.32. The molecule has 1 aliphatic heterocycles. The number of rotatable bonds is 2. The molecule has 2 rings (SSSR count). The highest BCUT2D eigenvalue weighted by Crippen LogP contribution is 2.27. The number of aliphatic hydroxyl groups is 1. The molecule has 1 aliphatic rings. The average Bonchev–Trinajstić information content (AvgIpc) is 2.66. The third-order valence-corrected chi connectivity index (χ3v) is 2.31. The van der Waals surface area contributed by atoms with E-state index in [1.54, 1.807) is 12.1 Å². The van der Waals surface area contributed by atoms with Crippen LogP contribution in [0.25, 0.3) is 0 Å². The molecular weight excluding hydrogens is 204 g/mol. The summed E-state index contributed by atoms with van der Waals surface area (Å²) >= 11 is 5.83. The Kier molecular flexibility index (Phi) is 3.03. The zero-order valence-corrected chi connectivity index (χ0v) is 8.28.